The van der Waals surface area contributed by atoms with Crippen LogP contribution in [-0.4, -0.2) is 43.6 Å². The maximum atomic E-state index is 12.6. The standard InChI is InChI=1S/C24H23BrN2O2/c25-22-17-20(19-7-3-1-4-8-19)11-12-23(22)29-18-24(28)27-15-13-26(14-16-27)21-9-5-2-6-10-21/h1-12,17H,13-16,18H2. The van der Waals surface area contributed by atoms with Crippen molar-refractivity contribution < 1.29 is 9.53 Å². The van der Waals surface area contributed by atoms with E-state index in [0.29, 0.717) is 18.8 Å². The lowest BCUT2D eigenvalue weighted by atomic mass is 10.1. The Morgan fingerprint density at radius 3 is 2.14 bits per heavy atom. The van der Waals surface area contributed by atoms with Crippen LogP contribution in [0.3, 0.4) is 0 Å². The molecule has 1 amide bonds. The van der Waals surface area contributed by atoms with Crippen LogP contribution in [0.15, 0.2) is 83.3 Å². The molecular formula is C24H23BrN2O2. The number of halogens is 1. The summed E-state index contributed by atoms with van der Waals surface area (Å²) in [7, 11) is 0. The maximum Gasteiger partial charge on any atom is 0.260 e. The highest BCUT2D eigenvalue weighted by Gasteiger charge is 2.21. The number of nitrogens with zero attached hydrogens (tertiary/aromatic N) is 2. The Bertz CT molecular complexity index is 955. The Morgan fingerprint density at radius 2 is 1.48 bits per heavy atom. The second kappa shape index (κ2) is 9.14. The van der Waals surface area contributed by atoms with Gasteiger partial charge in [-0.25, -0.2) is 0 Å². The smallest absolute Gasteiger partial charge is 0.260 e. The predicted octanol–water partition coefficient (Wildman–Crippen LogP) is 4.84. The topological polar surface area (TPSA) is 32.8 Å². The largest absolute Gasteiger partial charge is 0.483 e. The monoisotopic (exact) mass is 450 g/mol. The highest BCUT2D eigenvalue weighted by molar-refractivity contribution is 9.10. The Labute approximate surface area is 179 Å². The van der Waals surface area contributed by atoms with E-state index in [2.05, 4.69) is 45.1 Å². The van der Waals surface area contributed by atoms with Crippen LogP contribution in [0.25, 0.3) is 11.1 Å². The van der Waals surface area contributed by atoms with E-state index >= 15 is 0 Å². The number of carbonyl (C=O) groups is 1. The van der Waals surface area contributed by atoms with Gasteiger partial charge in [-0.05, 0) is 51.3 Å². The third kappa shape index (κ3) is 4.80. The molecule has 0 saturated carbocycles. The van der Waals surface area contributed by atoms with E-state index in [1.54, 1.807) is 0 Å². The molecule has 4 nitrogen and oxygen atoms in total. The number of anilines is 1. The summed E-state index contributed by atoms with van der Waals surface area (Å²) in [6.07, 6.45) is 0. The van der Waals surface area contributed by atoms with Crippen molar-refractivity contribution >= 4 is 27.5 Å². The molecule has 0 bridgehead atoms. The van der Waals surface area contributed by atoms with E-state index in [4.69, 9.17) is 4.74 Å². The van der Waals surface area contributed by atoms with Gasteiger partial charge in [0.05, 0.1) is 4.47 Å². The van der Waals surface area contributed by atoms with Gasteiger partial charge in [0.1, 0.15) is 5.75 Å². The molecule has 1 aliphatic rings. The fourth-order valence-electron chi connectivity index (χ4n) is 3.51. The molecule has 0 radical (unpaired) electrons. The highest BCUT2D eigenvalue weighted by atomic mass is 79.9. The summed E-state index contributed by atoms with van der Waals surface area (Å²) < 4.78 is 6.65. The summed E-state index contributed by atoms with van der Waals surface area (Å²) in [4.78, 5) is 16.8. The summed E-state index contributed by atoms with van der Waals surface area (Å²) in [6, 6.07) is 26.4. The molecule has 1 aliphatic heterocycles. The first-order chi connectivity index (χ1) is 14.2. The molecule has 3 aromatic carbocycles. The fourth-order valence-corrected chi connectivity index (χ4v) is 4.00. The van der Waals surface area contributed by atoms with Crippen molar-refractivity contribution in [2.24, 2.45) is 0 Å². The third-order valence-electron chi connectivity index (χ3n) is 5.14. The molecule has 0 N–H and O–H groups in total. The van der Waals surface area contributed by atoms with Crippen LogP contribution in [0.5, 0.6) is 5.75 Å². The minimum atomic E-state index is 0.0248. The van der Waals surface area contributed by atoms with Crippen molar-refractivity contribution in [1.82, 2.24) is 4.90 Å². The first-order valence-corrected chi connectivity index (χ1v) is 10.6. The molecule has 0 spiro atoms. The van der Waals surface area contributed by atoms with Crippen LogP contribution in [0.2, 0.25) is 0 Å². The van der Waals surface area contributed by atoms with Crippen LogP contribution >= 0.6 is 15.9 Å². The lowest BCUT2D eigenvalue weighted by molar-refractivity contribution is -0.133. The Morgan fingerprint density at radius 1 is 0.828 bits per heavy atom. The van der Waals surface area contributed by atoms with Crippen molar-refractivity contribution in [2.45, 2.75) is 0 Å². The second-order valence-electron chi connectivity index (χ2n) is 7.00. The summed E-state index contributed by atoms with van der Waals surface area (Å²) in [5, 5.41) is 0. The molecular weight excluding hydrogens is 428 g/mol. The lowest BCUT2D eigenvalue weighted by Crippen LogP contribution is -2.50. The molecule has 29 heavy (non-hydrogen) atoms. The van der Waals surface area contributed by atoms with E-state index in [1.165, 1.54) is 5.69 Å². The number of hydrogen-bond donors (Lipinski definition) is 0. The van der Waals surface area contributed by atoms with Crippen LogP contribution in [0.4, 0.5) is 5.69 Å². The van der Waals surface area contributed by atoms with Gasteiger partial charge in [-0.3, -0.25) is 4.79 Å². The van der Waals surface area contributed by atoms with Gasteiger partial charge >= 0.3 is 0 Å². The second-order valence-corrected chi connectivity index (χ2v) is 7.86. The SMILES string of the molecule is O=C(COc1ccc(-c2ccccc2)cc1Br)N1CCN(c2ccccc2)CC1. The van der Waals surface area contributed by atoms with Crippen molar-refractivity contribution in [2.75, 3.05) is 37.7 Å². The normalized spacial score (nSPS) is 14.0. The zero-order chi connectivity index (χ0) is 20.1. The molecule has 1 fully saturated rings. The number of benzene rings is 3. The van der Waals surface area contributed by atoms with Crippen LogP contribution in [0, 0.1) is 0 Å². The van der Waals surface area contributed by atoms with Crippen molar-refractivity contribution in [3.05, 3.63) is 83.3 Å². The van der Waals surface area contributed by atoms with Crippen molar-refractivity contribution in [3.63, 3.8) is 0 Å². The molecule has 0 aromatic heterocycles. The summed E-state index contributed by atoms with van der Waals surface area (Å²) >= 11 is 3.57. The Kier molecular flexibility index (Phi) is 6.15. The summed E-state index contributed by atoms with van der Waals surface area (Å²) in [5.41, 5.74) is 3.46. The van der Waals surface area contributed by atoms with Crippen molar-refractivity contribution in [3.8, 4) is 16.9 Å². The number of rotatable bonds is 5. The van der Waals surface area contributed by atoms with E-state index < -0.39 is 0 Å². The van der Waals surface area contributed by atoms with Crippen molar-refractivity contribution in [1.29, 1.82) is 0 Å². The average molecular weight is 451 g/mol. The van der Waals surface area contributed by atoms with E-state index in [9.17, 15) is 4.79 Å². The fraction of sp³-hybridized carbons (Fsp3) is 0.208. The Balaban J connectivity index is 1.31. The molecule has 0 atom stereocenters. The van der Waals surface area contributed by atoms with Crippen LogP contribution < -0.4 is 9.64 Å². The molecule has 4 rings (SSSR count). The number of piperazine rings is 1. The highest BCUT2D eigenvalue weighted by Crippen LogP contribution is 2.30. The number of ether oxygens (including phenoxy) is 1. The van der Waals surface area contributed by atoms with Gasteiger partial charge in [-0.2, -0.15) is 0 Å². The first-order valence-electron chi connectivity index (χ1n) is 9.76. The van der Waals surface area contributed by atoms with E-state index in [-0.39, 0.29) is 12.5 Å². The minimum Gasteiger partial charge on any atom is -0.483 e. The molecule has 3 aromatic rings. The number of carbonyl (C=O) groups excluding carboxylic acids is 1. The summed E-state index contributed by atoms with van der Waals surface area (Å²) in [5.74, 6) is 0.706. The van der Waals surface area contributed by atoms with Gasteiger partial charge in [0.15, 0.2) is 6.61 Å². The molecule has 0 unspecified atom stereocenters. The third-order valence-corrected chi connectivity index (χ3v) is 5.76. The number of hydrogen-bond acceptors (Lipinski definition) is 3. The summed E-state index contributed by atoms with van der Waals surface area (Å²) in [6.45, 7) is 3.15. The maximum absolute atomic E-state index is 12.6. The Hall–Kier alpha value is -2.79. The molecule has 148 valence electrons. The minimum absolute atomic E-state index is 0.0248. The molecule has 1 heterocycles. The van der Waals surface area contributed by atoms with Crippen LogP contribution in [-0.2, 0) is 4.79 Å². The zero-order valence-electron chi connectivity index (χ0n) is 16.1. The average Bonchev–Trinajstić information content (AvgIpc) is 2.79. The first kappa shape index (κ1) is 19.5. The zero-order valence-corrected chi connectivity index (χ0v) is 17.7. The predicted molar refractivity (Wildman–Crippen MR) is 120 cm³/mol. The van der Waals surface area contributed by atoms with Gasteiger partial charge in [0, 0.05) is 31.9 Å². The van der Waals surface area contributed by atoms with Gasteiger partial charge in [-0.1, -0.05) is 54.6 Å². The van der Waals surface area contributed by atoms with E-state index in [1.807, 2.05) is 59.5 Å². The van der Waals surface area contributed by atoms with Gasteiger partial charge in [-0.15, -0.1) is 0 Å². The van der Waals surface area contributed by atoms with E-state index in [0.717, 1.165) is 28.7 Å². The van der Waals surface area contributed by atoms with Gasteiger partial charge in [0.2, 0.25) is 0 Å². The molecule has 1 saturated heterocycles. The molecule has 0 aliphatic carbocycles. The van der Waals surface area contributed by atoms with Crippen LogP contribution in [0.1, 0.15) is 0 Å². The van der Waals surface area contributed by atoms with Gasteiger partial charge < -0.3 is 14.5 Å². The number of para-hydroxylation sites is 1. The number of amides is 1. The quantitative estimate of drug-likeness (QED) is 0.557. The lowest BCUT2D eigenvalue weighted by Gasteiger charge is -2.36. The van der Waals surface area contributed by atoms with Gasteiger partial charge in [0.25, 0.3) is 5.91 Å². The molecule has 5 heteroatoms.